The number of anilines is 2. The van der Waals surface area contributed by atoms with E-state index in [9.17, 15) is 18.7 Å². The Morgan fingerprint density at radius 2 is 1.72 bits per heavy atom. The topological polar surface area (TPSA) is 58.4 Å². The van der Waals surface area contributed by atoms with Gasteiger partial charge < -0.3 is 5.11 Å². The lowest BCUT2D eigenvalue weighted by molar-refractivity contribution is -0.120. The lowest BCUT2D eigenvalue weighted by Gasteiger charge is -2.17. The summed E-state index contributed by atoms with van der Waals surface area (Å²) in [6.07, 6.45) is 2.51. The molecule has 1 N–H and O–H groups in total. The van der Waals surface area contributed by atoms with E-state index in [0.29, 0.717) is 18.5 Å². The molecule has 2 aromatic carbocycles. The number of carbonyl (C=O) groups is 1. The van der Waals surface area contributed by atoms with E-state index < -0.39 is 28.8 Å². The molecular weight excluding hydrogens is 376 g/mol. The standard InChI is InChI=1S/C22H15F2N3O2/c23-17-10-15(7-6-14-4-2-1-3-5-14)11-18(24)19(17)26-20(29)22(8-9-22)27-16(13-28)12-25-21(26)27/h1-5,10-12,28H,8-9,13H2. The zero-order valence-corrected chi connectivity index (χ0v) is 15.2. The van der Waals surface area contributed by atoms with Crippen LogP contribution in [-0.2, 0) is 16.9 Å². The van der Waals surface area contributed by atoms with Crippen molar-refractivity contribution in [3.8, 4) is 11.8 Å². The van der Waals surface area contributed by atoms with Crippen molar-refractivity contribution in [3.05, 3.63) is 77.1 Å². The summed E-state index contributed by atoms with van der Waals surface area (Å²) in [4.78, 5) is 18.1. The van der Waals surface area contributed by atoms with Gasteiger partial charge in [0.2, 0.25) is 5.95 Å². The van der Waals surface area contributed by atoms with Crippen LogP contribution in [0.15, 0.2) is 48.7 Å². The highest BCUT2D eigenvalue weighted by Gasteiger charge is 2.61. The first-order valence-electron chi connectivity index (χ1n) is 9.14. The molecule has 1 spiro atoms. The number of aliphatic hydroxyl groups is 1. The zero-order valence-electron chi connectivity index (χ0n) is 15.2. The largest absolute Gasteiger partial charge is 0.390 e. The molecule has 1 aliphatic heterocycles. The Morgan fingerprint density at radius 3 is 2.34 bits per heavy atom. The summed E-state index contributed by atoms with van der Waals surface area (Å²) in [5, 5.41) is 9.54. The molecule has 1 saturated carbocycles. The molecule has 0 atom stereocenters. The minimum Gasteiger partial charge on any atom is -0.390 e. The Labute approximate surface area is 165 Å². The predicted molar refractivity (Wildman–Crippen MR) is 101 cm³/mol. The molecule has 3 aromatic rings. The molecule has 29 heavy (non-hydrogen) atoms. The minimum atomic E-state index is -0.895. The summed E-state index contributed by atoms with van der Waals surface area (Å²) in [6, 6.07) is 11.3. The molecule has 144 valence electrons. The van der Waals surface area contributed by atoms with E-state index in [2.05, 4.69) is 16.8 Å². The van der Waals surface area contributed by atoms with Gasteiger partial charge in [0.05, 0.1) is 18.5 Å². The fourth-order valence-corrected chi connectivity index (χ4v) is 3.78. The number of halogens is 2. The molecule has 0 radical (unpaired) electrons. The van der Waals surface area contributed by atoms with Crippen LogP contribution in [0.3, 0.4) is 0 Å². The summed E-state index contributed by atoms with van der Waals surface area (Å²) in [5.74, 6) is 3.50. The Hall–Kier alpha value is -3.50. The van der Waals surface area contributed by atoms with Crippen LogP contribution >= 0.6 is 0 Å². The number of nitrogens with zero attached hydrogens (tertiary/aromatic N) is 3. The molecule has 1 aromatic heterocycles. The molecule has 1 amide bonds. The average molecular weight is 391 g/mol. The van der Waals surface area contributed by atoms with Gasteiger partial charge in [0, 0.05) is 11.1 Å². The summed E-state index contributed by atoms with van der Waals surface area (Å²) < 4.78 is 31.5. The number of aromatic nitrogens is 2. The monoisotopic (exact) mass is 391 g/mol. The molecule has 7 heteroatoms. The van der Waals surface area contributed by atoms with Crippen molar-refractivity contribution in [2.75, 3.05) is 4.90 Å². The van der Waals surface area contributed by atoms with Crippen molar-refractivity contribution in [2.45, 2.75) is 25.0 Å². The molecule has 5 nitrogen and oxygen atoms in total. The van der Waals surface area contributed by atoms with Gasteiger partial charge >= 0.3 is 0 Å². The molecule has 5 rings (SSSR count). The maximum Gasteiger partial charge on any atom is 0.260 e. The third kappa shape index (κ3) is 2.57. The molecular formula is C22H15F2N3O2. The Morgan fingerprint density at radius 1 is 1.07 bits per heavy atom. The van der Waals surface area contributed by atoms with Crippen LogP contribution in [0.1, 0.15) is 29.7 Å². The van der Waals surface area contributed by atoms with Crippen LogP contribution in [-0.4, -0.2) is 20.6 Å². The Balaban J connectivity index is 1.57. The van der Waals surface area contributed by atoms with Crippen LogP contribution in [0, 0.1) is 23.5 Å². The first kappa shape index (κ1) is 17.6. The maximum atomic E-state index is 14.9. The number of benzene rings is 2. The minimum absolute atomic E-state index is 0.123. The van der Waals surface area contributed by atoms with Crippen molar-refractivity contribution in [1.29, 1.82) is 0 Å². The Kier molecular flexibility index (Phi) is 3.80. The number of hydrogen-bond donors (Lipinski definition) is 1. The normalized spacial score (nSPS) is 16.0. The second-order valence-electron chi connectivity index (χ2n) is 7.12. The SMILES string of the molecule is O=C1N(c2c(F)cc(C#Cc3ccccc3)cc2F)c2ncc(CO)n2C12CC2. The van der Waals surface area contributed by atoms with Crippen molar-refractivity contribution in [2.24, 2.45) is 0 Å². The summed E-state index contributed by atoms with van der Waals surface area (Å²) in [6.45, 7) is -0.311. The maximum absolute atomic E-state index is 14.9. The lowest BCUT2D eigenvalue weighted by Crippen LogP contribution is -2.31. The third-order valence-electron chi connectivity index (χ3n) is 5.30. The molecule has 2 heterocycles. The van der Waals surface area contributed by atoms with Crippen LogP contribution in [0.2, 0.25) is 0 Å². The van der Waals surface area contributed by atoms with Gasteiger partial charge in [-0.05, 0) is 37.1 Å². The molecule has 0 unspecified atom stereocenters. The van der Waals surface area contributed by atoms with Crippen LogP contribution < -0.4 is 4.90 Å². The molecule has 0 saturated heterocycles. The van der Waals surface area contributed by atoms with E-state index >= 15 is 0 Å². The summed E-state index contributed by atoms with van der Waals surface area (Å²) in [7, 11) is 0. The highest BCUT2D eigenvalue weighted by molar-refractivity contribution is 6.09. The molecule has 0 bridgehead atoms. The second kappa shape index (κ2) is 6.26. The smallest absolute Gasteiger partial charge is 0.260 e. The second-order valence-corrected chi connectivity index (χ2v) is 7.12. The van der Waals surface area contributed by atoms with Gasteiger partial charge in [0.15, 0.2) is 11.6 Å². The quantitative estimate of drug-likeness (QED) is 0.683. The lowest BCUT2D eigenvalue weighted by atomic mass is 10.1. The number of aliphatic hydroxyl groups excluding tert-OH is 1. The van der Waals surface area contributed by atoms with Gasteiger partial charge in [-0.2, -0.15) is 0 Å². The van der Waals surface area contributed by atoms with Crippen LogP contribution in [0.5, 0.6) is 0 Å². The zero-order chi connectivity index (χ0) is 20.2. The van der Waals surface area contributed by atoms with Crippen molar-refractivity contribution in [3.63, 3.8) is 0 Å². The predicted octanol–water partition coefficient (Wildman–Crippen LogP) is 3.22. The van der Waals surface area contributed by atoms with Gasteiger partial charge in [-0.1, -0.05) is 30.0 Å². The Bertz CT molecular complexity index is 1180. The number of imidazole rings is 1. The van der Waals surface area contributed by atoms with Crippen LogP contribution in [0.4, 0.5) is 20.4 Å². The van der Waals surface area contributed by atoms with Crippen LogP contribution in [0.25, 0.3) is 0 Å². The van der Waals surface area contributed by atoms with Gasteiger partial charge in [0.25, 0.3) is 5.91 Å². The first-order chi connectivity index (χ1) is 14.0. The number of fused-ring (bicyclic) bond motifs is 2. The molecule has 1 fully saturated rings. The van der Waals surface area contributed by atoms with Gasteiger partial charge in [0.1, 0.15) is 11.2 Å². The van der Waals surface area contributed by atoms with Gasteiger partial charge in [-0.15, -0.1) is 0 Å². The molecule has 1 aliphatic carbocycles. The van der Waals surface area contributed by atoms with Crippen molar-refractivity contribution < 1.29 is 18.7 Å². The summed E-state index contributed by atoms with van der Waals surface area (Å²) >= 11 is 0. The van der Waals surface area contributed by atoms with E-state index in [1.807, 2.05) is 18.2 Å². The van der Waals surface area contributed by atoms with Crippen molar-refractivity contribution >= 4 is 17.5 Å². The number of carbonyl (C=O) groups excluding carboxylic acids is 1. The number of amides is 1. The third-order valence-corrected chi connectivity index (χ3v) is 5.30. The fourth-order valence-electron chi connectivity index (χ4n) is 3.78. The first-order valence-corrected chi connectivity index (χ1v) is 9.14. The van der Waals surface area contributed by atoms with E-state index in [1.54, 1.807) is 16.7 Å². The fraction of sp³-hybridized carbons (Fsp3) is 0.182. The van der Waals surface area contributed by atoms with E-state index in [-0.39, 0.29) is 18.1 Å². The number of hydrogen-bond acceptors (Lipinski definition) is 3. The van der Waals surface area contributed by atoms with Crippen molar-refractivity contribution in [1.82, 2.24) is 9.55 Å². The summed E-state index contributed by atoms with van der Waals surface area (Å²) in [5.41, 5.74) is -0.0322. The van der Waals surface area contributed by atoms with E-state index in [4.69, 9.17) is 0 Å². The molecule has 2 aliphatic rings. The van der Waals surface area contributed by atoms with E-state index in [0.717, 1.165) is 22.6 Å². The van der Waals surface area contributed by atoms with Gasteiger partial charge in [-0.25, -0.2) is 18.7 Å². The highest BCUT2D eigenvalue weighted by Crippen LogP contribution is 2.55. The van der Waals surface area contributed by atoms with E-state index in [1.165, 1.54) is 6.20 Å². The number of rotatable bonds is 2. The highest BCUT2D eigenvalue weighted by atomic mass is 19.1. The average Bonchev–Trinajstić information content (AvgIpc) is 3.36. The van der Waals surface area contributed by atoms with Gasteiger partial charge in [-0.3, -0.25) is 9.36 Å².